The summed E-state index contributed by atoms with van der Waals surface area (Å²) in [5.41, 5.74) is 5.60. The number of ether oxygens (including phenoxy) is 1. The molecule has 0 radical (unpaired) electrons. The number of amides is 2. The van der Waals surface area contributed by atoms with Gasteiger partial charge in [-0.3, -0.25) is 9.59 Å². The normalized spacial score (nSPS) is 18.6. The number of carboxylic acid groups (broad SMARTS) is 1. The summed E-state index contributed by atoms with van der Waals surface area (Å²) in [6.45, 7) is 2.51. The van der Waals surface area contributed by atoms with Crippen molar-refractivity contribution in [1.29, 1.82) is 0 Å². The van der Waals surface area contributed by atoms with Crippen molar-refractivity contribution in [1.82, 2.24) is 15.3 Å². The van der Waals surface area contributed by atoms with Gasteiger partial charge in [-0.2, -0.15) is 0 Å². The average molecular weight is 470 g/mol. The number of nitrogens with two attached hydrogens (primary N) is 1. The zero-order valence-corrected chi connectivity index (χ0v) is 18.3. The van der Waals surface area contributed by atoms with Gasteiger partial charge in [0.05, 0.1) is 33.3 Å². The molecule has 2 amide bonds. The molecule has 0 aromatic carbocycles. The zero-order chi connectivity index (χ0) is 22.9. The Bertz CT molecular complexity index is 1040. The number of rotatable bonds is 6. The number of aryl methyl sites for hydroxylation is 1. The minimum atomic E-state index is -1.28. The van der Waals surface area contributed by atoms with Crippen LogP contribution in [0.3, 0.4) is 0 Å². The van der Waals surface area contributed by atoms with Gasteiger partial charge in [0.2, 0.25) is 0 Å². The summed E-state index contributed by atoms with van der Waals surface area (Å²) >= 11 is 12.2. The van der Waals surface area contributed by atoms with E-state index in [1.54, 1.807) is 6.92 Å². The molecular formula is C19H21Cl2N5O5. The fraction of sp³-hybridized carbons (Fsp3) is 0.368. The average Bonchev–Trinajstić information content (AvgIpc) is 3.00. The molecule has 0 unspecified atom stereocenters. The molecule has 2 atom stereocenters. The number of nitrogens with zero attached hydrogens (tertiary/aromatic N) is 2. The van der Waals surface area contributed by atoms with Crippen LogP contribution in [0.1, 0.15) is 43.3 Å². The van der Waals surface area contributed by atoms with Crippen LogP contribution in [0.15, 0.2) is 12.3 Å². The van der Waals surface area contributed by atoms with E-state index in [0.29, 0.717) is 36.0 Å². The number of pyridine rings is 1. The minimum Gasteiger partial charge on any atom is -0.478 e. The Kier molecular flexibility index (Phi) is 6.73. The monoisotopic (exact) mass is 469 g/mol. The number of aromatic carboxylic acids is 1. The molecule has 1 aliphatic rings. The van der Waals surface area contributed by atoms with Crippen LogP contribution in [-0.4, -0.2) is 65.2 Å². The number of H-pyrrole nitrogens is 1. The number of aromatic nitrogens is 2. The maximum Gasteiger partial charge on any atom is 0.336 e. The molecule has 10 nitrogen and oxygen atoms in total. The number of piperidine rings is 1. The second-order valence-electron chi connectivity index (χ2n) is 7.10. The highest BCUT2D eigenvalue weighted by Crippen LogP contribution is 2.29. The van der Waals surface area contributed by atoms with Gasteiger partial charge < -0.3 is 30.8 Å². The molecule has 166 valence electrons. The first-order chi connectivity index (χ1) is 14.6. The number of hydrogen-bond donors (Lipinski definition) is 4. The molecule has 1 aliphatic heterocycles. The third-order valence-corrected chi connectivity index (χ3v) is 6.12. The molecule has 31 heavy (non-hydrogen) atoms. The highest BCUT2D eigenvalue weighted by atomic mass is 35.5. The number of carbonyl (C=O) groups excluding carboxylic acids is 2. The predicted molar refractivity (Wildman–Crippen MR) is 114 cm³/mol. The van der Waals surface area contributed by atoms with Crippen molar-refractivity contribution in [3.05, 3.63) is 44.8 Å². The summed E-state index contributed by atoms with van der Waals surface area (Å²) in [5.74, 6) is -2.19. The number of hydrogen-bond acceptors (Lipinski definition) is 6. The van der Waals surface area contributed by atoms with Crippen LogP contribution in [0.5, 0.6) is 0 Å². The first kappa shape index (κ1) is 22.9. The van der Waals surface area contributed by atoms with Crippen LogP contribution >= 0.6 is 23.2 Å². The fourth-order valence-electron chi connectivity index (χ4n) is 3.49. The SMILES string of the molecule is CO[C@@H]1CN(c2cc(C(=O)O)c(C(N)=O)cn2)CC[C@@H]1NC(=O)c1[nH]c(C)c(Cl)c1Cl. The summed E-state index contributed by atoms with van der Waals surface area (Å²) in [6, 6.07) is 0.980. The van der Waals surface area contributed by atoms with Crippen LogP contribution in [0.4, 0.5) is 5.82 Å². The number of nitrogens with one attached hydrogen (secondary N) is 2. The van der Waals surface area contributed by atoms with Crippen LogP contribution in [0.25, 0.3) is 0 Å². The quantitative estimate of drug-likeness (QED) is 0.503. The number of methoxy groups -OCH3 is 1. The molecule has 0 spiro atoms. The molecule has 2 aromatic rings. The van der Waals surface area contributed by atoms with Crippen LogP contribution in [-0.2, 0) is 4.74 Å². The highest BCUT2D eigenvalue weighted by Gasteiger charge is 2.33. The molecule has 3 rings (SSSR count). The Morgan fingerprint density at radius 3 is 2.58 bits per heavy atom. The van der Waals surface area contributed by atoms with Gasteiger partial charge in [0.25, 0.3) is 11.8 Å². The maximum absolute atomic E-state index is 12.7. The van der Waals surface area contributed by atoms with Crippen molar-refractivity contribution in [2.75, 3.05) is 25.1 Å². The Morgan fingerprint density at radius 1 is 1.32 bits per heavy atom. The standard InChI is InChI=1S/C19H21Cl2N5O5/c1-8-14(20)15(21)16(24-8)18(28)25-11-3-4-26(7-12(11)31-2)13-5-9(19(29)30)10(6-23-13)17(22)27/h5-6,11-12,24H,3-4,7H2,1-2H3,(H2,22,27)(H,25,28)(H,29,30)/t11-,12+/m0/s1. The summed E-state index contributed by atoms with van der Waals surface area (Å²) in [6.07, 6.45) is 1.24. The van der Waals surface area contributed by atoms with Gasteiger partial charge in [0, 0.05) is 32.1 Å². The molecule has 12 heteroatoms. The molecular weight excluding hydrogens is 449 g/mol. The molecule has 1 fully saturated rings. The van der Waals surface area contributed by atoms with Crippen LogP contribution in [0.2, 0.25) is 10.0 Å². The van der Waals surface area contributed by atoms with E-state index in [2.05, 4.69) is 15.3 Å². The Balaban J connectivity index is 1.76. The van der Waals surface area contributed by atoms with E-state index in [4.69, 9.17) is 33.7 Å². The number of anilines is 1. The van der Waals surface area contributed by atoms with Crippen molar-refractivity contribution in [2.24, 2.45) is 5.73 Å². The fourth-order valence-corrected chi connectivity index (χ4v) is 3.90. The van der Waals surface area contributed by atoms with Gasteiger partial charge in [-0.15, -0.1) is 0 Å². The number of carboxylic acids is 1. The second-order valence-corrected chi connectivity index (χ2v) is 7.86. The van der Waals surface area contributed by atoms with Crippen molar-refractivity contribution in [3.63, 3.8) is 0 Å². The molecule has 5 N–H and O–H groups in total. The summed E-state index contributed by atoms with van der Waals surface area (Å²) < 4.78 is 5.55. The van der Waals surface area contributed by atoms with Crippen LogP contribution in [0, 0.1) is 6.92 Å². The van der Waals surface area contributed by atoms with Crippen molar-refractivity contribution < 1.29 is 24.2 Å². The topological polar surface area (TPSA) is 151 Å². The Morgan fingerprint density at radius 2 is 2.03 bits per heavy atom. The number of carbonyl (C=O) groups is 3. The minimum absolute atomic E-state index is 0.156. The molecule has 0 saturated carbocycles. The number of halogens is 2. The molecule has 3 heterocycles. The maximum atomic E-state index is 12.7. The van der Waals surface area contributed by atoms with Crippen molar-refractivity contribution in [2.45, 2.75) is 25.5 Å². The number of primary amides is 1. The zero-order valence-electron chi connectivity index (χ0n) is 16.7. The van der Waals surface area contributed by atoms with Crippen molar-refractivity contribution in [3.8, 4) is 0 Å². The first-order valence-electron chi connectivity index (χ1n) is 9.29. The smallest absolute Gasteiger partial charge is 0.336 e. The van der Waals surface area contributed by atoms with Gasteiger partial charge in [0.1, 0.15) is 11.5 Å². The summed E-state index contributed by atoms with van der Waals surface area (Å²) in [4.78, 5) is 44.5. The lowest BCUT2D eigenvalue weighted by Crippen LogP contribution is -2.55. The third kappa shape index (κ3) is 4.60. The van der Waals surface area contributed by atoms with E-state index in [9.17, 15) is 19.5 Å². The Hall–Kier alpha value is -2.82. The lowest BCUT2D eigenvalue weighted by molar-refractivity contribution is 0.0538. The predicted octanol–water partition coefficient (Wildman–Crippen LogP) is 1.85. The molecule has 0 bridgehead atoms. The van der Waals surface area contributed by atoms with Gasteiger partial charge in [-0.1, -0.05) is 23.2 Å². The van der Waals surface area contributed by atoms with Gasteiger partial charge >= 0.3 is 5.97 Å². The lowest BCUT2D eigenvalue weighted by atomic mass is 10.0. The van der Waals surface area contributed by atoms with E-state index < -0.39 is 23.9 Å². The van der Waals surface area contributed by atoms with Crippen molar-refractivity contribution >= 4 is 46.8 Å². The molecule has 2 aromatic heterocycles. The first-order valence-corrected chi connectivity index (χ1v) is 10.0. The number of aromatic amines is 1. The summed E-state index contributed by atoms with van der Waals surface area (Å²) in [7, 11) is 1.52. The third-order valence-electron chi connectivity index (χ3n) is 5.17. The van der Waals surface area contributed by atoms with E-state index in [1.807, 2.05) is 4.90 Å². The summed E-state index contributed by atoms with van der Waals surface area (Å²) in [5, 5.41) is 12.7. The molecule has 0 aliphatic carbocycles. The van der Waals surface area contributed by atoms with Crippen LogP contribution < -0.4 is 16.0 Å². The second kappa shape index (κ2) is 9.13. The van der Waals surface area contributed by atoms with E-state index in [-0.39, 0.29) is 27.9 Å². The molecule has 1 saturated heterocycles. The largest absolute Gasteiger partial charge is 0.478 e. The van der Waals surface area contributed by atoms with Gasteiger partial charge in [-0.25, -0.2) is 9.78 Å². The van der Waals surface area contributed by atoms with E-state index in [0.717, 1.165) is 6.20 Å². The highest BCUT2D eigenvalue weighted by molar-refractivity contribution is 6.44. The van der Waals surface area contributed by atoms with E-state index in [1.165, 1.54) is 13.2 Å². The Labute approximate surface area is 187 Å². The lowest BCUT2D eigenvalue weighted by Gasteiger charge is -2.38. The van der Waals surface area contributed by atoms with Gasteiger partial charge in [-0.05, 0) is 19.4 Å². The van der Waals surface area contributed by atoms with Gasteiger partial charge in [0.15, 0.2) is 0 Å². The van der Waals surface area contributed by atoms with E-state index >= 15 is 0 Å².